The van der Waals surface area contributed by atoms with Gasteiger partial charge in [0.25, 0.3) is 5.91 Å². The number of rotatable bonds is 8. The lowest BCUT2D eigenvalue weighted by atomic mass is 10.3. The van der Waals surface area contributed by atoms with Gasteiger partial charge in [0.15, 0.2) is 23.8 Å². The minimum absolute atomic E-state index is 0.111. The van der Waals surface area contributed by atoms with E-state index in [-0.39, 0.29) is 19.3 Å². The lowest BCUT2D eigenvalue weighted by Crippen LogP contribution is -2.38. The first-order chi connectivity index (χ1) is 13.7. The Bertz CT molecular complexity index is 816. The lowest BCUT2D eigenvalue weighted by Gasteiger charge is -2.23. The van der Waals surface area contributed by atoms with Gasteiger partial charge in [0, 0.05) is 25.7 Å². The minimum atomic E-state index is -0.111. The highest BCUT2D eigenvalue weighted by Crippen LogP contribution is 2.35. The van der Waals surface area contributed by atoms with Crippen molar-refractivity contribution in [1.29, 1.82) is 0 Å². The van der Waals surface area contributed by atoms with Crippen molar-refractivity contribution in [1.82, 2.24) is 14.8 Å². The zero-order valence-electron chi connectivity index (χ0n) is 16.1. The van der Waals surface area contributed by atoms with Crippen LogP contribution >= 0.6 is 0 Å². The van der Waals surface area contributed by atoms with Crippen LogP contribution in [0.2, 0.25) is 0 Å². The number of likely N-dealkylation sites (N-methyl/N-ethyl adjacent to an activating group) is 1. The third-order valence-corrected chi connectivity index (χ3v) is 5.03. The van der Waals surface area contributed by atoms with Gasteiger partial charge in [-0.25, -0.2) is 4.98 Å². The van der Waals surface area contributed by atoms with E-state index in [2.05, 4.69) is 9.88 Å². The molecule has 1 saturated heterocycles. The predicted octanol–water partition coefficient (Wildman–Crippen LogP) is 2.54. The molecule has 1 amide bonds. The fourth-order valence-electron chi connectivity index (χ4n) is 3.42. The highest BCUT2D eigenvalue weighted by Gasteiger charge is 2.21. The lowest BCUT2D eigenvalue weighted by molar-refractivity contribution is 0.0743. The molecule has 2 aromatic rings. The summed E-state index contributed by atoms with van der Waals surface area (Å²) in [5, 5.41) is 0. The summed E-state index contributed by atoms with van der Waals surface area (Å²) in [7, 11) is 0. The molecule has 2 aliphatic heterocycles. The van der Waals surface area contributed by atoms with Crippen LogP contribution in [-0.4, -0.2) is 60.2 Å². The van der Waals surface area contributed by atoms with Gasteiger partial charge in [-0.2, -0.15) is 0 Å². The number of hydrogen-bond donors (Lipinski definition) is 0. The van der Waals surface area contributed by atoms with Gasteiger partial charge in [-0.05, 0) is 45.0 Å². The summed E-state index contributed by atoms with van der Waals surface area (Å²) in [6.45, 7) is 6.81. The molecular weight excluding hydrogens is 362 g/mol. The average Bonchev–Trinajstić information content (AvgIpc) is 3.47. The number of fused-ring (bicyclic) bond motifs is 1. The quantitative estimate of drug-likeness (QED) is 0.689. The van der Waals surface area contributed by atoms with Gasteiger partial charge in [0.1, 0.15) is 12.0 Å². The number of aromatic nitrogens is 1. The number of benzene rings is 1. The van der Waals surface area contributed by atoms with Crippen LogP contribution in [0.4, 0.5) is 0 Å². The Morgan fingerprint density at radius 1 is 1.25 bits per heavy atom. The number of likely N-dealkylation sites (tertiary alicyclic amines) is 1. The summed E-state index contributed by atoms with van der Waals surface area (Å²) in [6.07, 6.45) is 3.89. The maximum absolute atomic E-state index is 12.7. The molecule has 150 valence electrons. The molecule has 3 heterocycles. The van der Waals surface area contributed by atoms with Crippen molar-refractivity contribution in [3.05, 3.63) is 36.0 Å². The SMILES string of the molecule is CCN(CCN1CCCC1)C(=O)c1coc(COc2ccc3c(c2)OCO3)n1. The van der Waals surface area contributed by atoms with Gasteiger partial charge in [0.05, 0.1) is 0 Å². The van der Waals surface area contributed by atoms with Crippen LogP contribution in [0.5, 0.6) is 17.2 Å². The largest absolute Gasteiger partial charge is 0.484 e. The zero-order valence-corrected chi connectivity index (χ0v) is 16.1. The van der Waals surface area contributed by atoms with Crippen molar-refractivity contribution in [3.63, 3.8) is 0 Å². The van der Waals surface area contributed by atoms with Crippen LogP contribution in [0.1, 0.15) is 36.1 Å². The van der Waals surface area contributed by atoms with Crippen LogP contribution in [-0.2, 0) is 6.61 Å². The molecule has 8 nitrogen and oxygen atoms in total. The minimum Gasteiger partial charge on any atom is -0.484 e. The molecule has 0 aliphatic carbocycles. The summed E-state index contributed by atoms with van der Waals surface area (Å²) in [4.78, 5) is 21.2. The van der Waals surface area contributed by atoms with Crippen molar-refractivity contribution in [2.45, 2.75) is 26.4 Å². The Balaban J connectivity index is 1.31. The smallest absolute Gasteiger partial charge is 0.275 e. The normalized spacial score (nSPS) is 15.8. The molecule has 0 radical (unpaired) electrons. The third-order valence-electron chi connectivity index (χ3n) is 5.03. The molecule has 0 N–H and O–H groups in total. The van der Waals surface area contributed by atoms with Gasteiger partial charge in [-0.1, -0.05) is 0 Å². The molecule has 0 unspecified atom stereocenters. The summed E-state index contributed by atoms with van der Waals surface area (Å²) >= 11 is 0. The van der Waals surface area contributed by atoms with Crippen molar-refractivity contribution < 1.29 is 23.4 Å². The van der Waals surface area contributed by atoms with Gasteiger partial charge in [0.2, 0.25) is 12.7 Å². The van der Waals surface area contributed by atoms with E-state index < -0.39 is 0 Å². The van der Waals surface area contributed by atoms with Crippen LogP contribution in [0.15, 0.2) is 28.9 Å². The Hall–Kier alpha value is -2.74. The van der Waals surface area contributed by atoms with Crippen LogP contribution in [0, 0.1) is 0 Å². The number of nitrogens with zero attached hydrogens (tertiary/aromatic N) is 3. The number of hydrogen-bond acceptors (Lipinski definition) is 7. The van der Waals surface area contributed by atoms with Gasteiger partial charge >= 0.3 is 0 Å². The summed E-state index contributed by atoms with van der Waals surface area (Å²) in [6, 6.07) is 5.34. The second-order valence-corrected chi connectivity index (χ2v) is 6.86. The van der Waals surface area contributed by atoms with Gasteiger partial charge in [-0.15, -0.1) is 0 Å². The molecular formula is C20H25N3O5. The Morgan fingerprint density at radius 2 is 2.07 bits per heavy atom. The predicted molar refractivity (Wildman–Crippen MR) is 101 cm³/mol. The monoisotopic (exact) mass is 387 g/mol. The van der Waals surface area contributed by atoms with Crippen molar-refractivity contribution in [3.8, 4) is 17.2 Å². The molecule has 1 aromatic heterocycles. The molecule has 0 spiro atoms. The molecule has 28 heavy (non-hydrogen) atoms. The van der Waals surface area contributed by atoms with E-state index in [1.807, 2.05) is 6.92 Å². The molecule has 4 rings (SSSR count). The van der Waals surface area contributed by atoms with Crippen molar-refractivity contribution >= 4 is 5.91 Å². The Morgan fingerprint density at radius 3 is 2.89 bits per heavy atom. The van der Waals surface area contributed by atoms with E-state index in [4.69, 9.17) is 18.6 Å². The van der Waals surface area contributed by atoms with E-state index in [0.717, 1.165) is 19.6 Å². The number of carbonyl (C=O) groups excluding carboxylic acids is 1. The molecule has 2 aliphatic rings. The highest BCUT2D eigenvalue weighted by atomic mass is 16.7. The fraction of sp³-hybridized carbons (Fsp3) is 0.500. The highest BCUT2D eigenvalue weighted by molar-refractivity contribution is 5.92. The topological polar surface area (TPSA) is 77.3 Å². The van der Waals surface area contributed by atoms with E-state index >= 15 is 0 Å². The van der Waals surface area contributed by atoms with E-state index in [1.165, 1.54) is 19.1 Å². The first kappa shape index (κ1) is 18.6. The summed E-state index contributed by atoms with van der Waals surface area (Å²) in [5.41, 5.74) is 0.313. The van der Waals surface area contributed by atoms with E-state index in [9.17, 15) is 4.79 Å². The maximum Gasteiger partial charge on any atom is 0.275 e. The van der Waals surface area contributed by atoms with Crippen LogP contribution in [0.3, 0.4) is 0 Å². The number of amides is 1. The maximum atomic E-state index is 12.7. The average molecular weight is 387 g/mol. The molecule has 0 saturated carbocycles. The number of ether oxygens (including phenoxy) is 3. The molecule has 0 bridgehead atoms. The molecule has 8 heteroatoms. The summed E-state index contributed by atoms with van der Waals surface area (Å²) < 4.78 is 21.7. The second-order valence-electron chi connectivity index (χ2n) is 6.86. The first-order valence-electron chi connectivity index (χ1n) is 9.71. The Labute approximate surface area is 164 Å². The molecule has 1 fully saturated rings. The van der Waals surface area contributed by atoms with Crippen molar-refractivity contribution in [2.24, 2.45) is 0 Å². The first-order valence-corrected chi connectivity index (χ1v) is 9.71. The van der Waals surface area contributed by atoms with Gasteiger partial charge < -0.3 is 28.4 Å². The van der Waals surface area contributed by atoms with E-state index in [1.54, 1.807) is 23.1 Å². The Kier molecular flexibility index (Phi) is 5.66. The van der Waals surface area contributed by atoms with E-state index in [0.29, 0.717) is 41.9 Å². The van der Waals surface area contributed by atoms with Crippen molar-refractivity contribution in [2.75, 3.05) is 39.5 Å². The van der Waals surface area contributed by atoms with Crippen LogP contribution in [0.25, 0.3) is 0 Å². The number of carbonyl (C=O) groups is 1. The number of oxazole rings is 1. The molecule has 0 atom stereocenters. The standard InChI is InChI=1S/C20H25N3O5/c1-2-23(10-9-22-7-3-4-8-22)20(24)16-12-26-19(21-16)13-25-15-5-6-17-18(11-15)28-14-27-17/h5-6,11-12H,2-4,7-10,13-14H2,1H3. The van der Waals surface area contributed by atoms with Crippen LogP contribution < -0.4 is 14.2 Å². The van der Waals surface area contributed by atoms with Gasteiger partial charge in [-0.3, -0.25) is 4.79 Å². The molecule has 1 aromatic carbocycles. The second kappa shape index (κ2) is 8.52. The zero-order chi connectivity index (χ0) is 19.3. The third kappa shape index (κ3) is 4.22. The summed E-state index contributed by atoms with van der Waals surface area (Å²) in [5.74, 6) is 2.22. The fourth-order valence-corrected chi connectivity index (χ4v) is 3.42.